The number of imidazole rings is 1. The number of rotatable bonds is 6. The van der Waals surface area contributed by atoms with Crippen molar-refractivity contribution in [3.63, 3.8) is 0 Å². The van der Waals surface area contributed by atoms with E-state index in [-0.39, 0.29) is 24.1 Å². The molecule has 0 saturated carbocycles. The summed E-state index contributed by atoms with van der Waals surface area (Å²) in [5.74, 6) is -0.187. The lowest BCUT2D eigenvalue weighted by Gasteiger charge is -2.30. The van der Waals surface area contributed by atoms with E-state index in [1.165, 1.54) is 18.5 Å². The summed E-state index contributed by atoms with van der Waals surface area (Å²) in [6.45, 7) is 2.42. The van der Waals surface area contributed by atoms with Crippen LogP contribution in [0.3, 0.4) is 0 Å². The third kappa shape index (κ3) is 4.63. The minimum atomic E-state index is -3.52. The van der Waals surface area contributed by atoms with Crippen LogP contribution in [0.4, 0.5) is 10.2 Å². The highest BCUT2D eigenvalue weighted by atomic mass is 35.5. The fraction of sp³-hybridized carbons (Fsp3) is 0.389. The van der Waals surface area contributed by atoms with Gasteiger partial charge in [0.15, 0.2) is 11.5 Å². The minimum absolute atomic E-state index is 0.205. The van der Waals surface area contributed by atoms with Crippen LogP contribution in [0.1, 0.15) is 25.0 Å². The summed E-state index contributed by atoms with van der Waals surface area (Å²) in [5.41, 5.74) is 7.40. The molecule has 1 saturated heterocycles. The van der Waals surface area contributed by atoms with Gasteiger partial charge in [-0.15, -0.1) is 0 Å². The average Bonchev–Trinajstić information content (AvgIpc) is 3.10. The quantitative estimate of drug-likeness (QED) is 0.556. The Morgan fingerprint density at radius 1 is 1.40 bits per heavy atom. The minimum Gasteiger partial charge on any atom is -0.382 e. The lowest BCUT2D eigenvalue weighted by Crippen LogP contribution is -2.21. The summed E-state index contributed by atoms with van der Waals surface area (Å²) < 4.78 is 45.2. The van der Waals surface area contributed by atoms with E-state index in [1.54, 1.807) is 17.0 Å². The first-order valence-electron chi connectivity index (χ1n) is 9.24. The summed E-state index contributed by atoms with van der Waals surface area (Å²) in [6.07, 6.45) is 2.21. The van der Waals surface area contributed by atoms with Gasteiger partial charge in [-0.2, -0.15) is 0 Å². The van der Waals surface area contributed by atoms with Crippen LogP contribution in [-0.4, -0.2) is 38.6 Å². The molecule has 0 spiro atoms. The third-order valence-corrected chi connectivity index (χ3v) is 6.45. The van der Waals surface area contributed by atoms with Crippen LogP contribution < -0.4 is 5.73 Å². The number of anilines is 1. The van der Waals surface area contributed by atoms with Crippen molar-refractivity contribution in [1.29, 1.82) is 0 Å². The molecule has 3 heterocycles. The van der Waals surface area contributed by atoms with Gasteiger partial charge in [0.1, 0.15) is 24.0 Å². The van der Waals surface area contributed by atoms with Crippen molar-refractivity contribution in [3.05, 3.63) is 47.3 Å². The van der Waals surface area contributed by atoms with Crippen LogP contribution in [0.2, 0.25) is 5.02 Å². The van der Waals surface area contributed by atoms with Crippen LogP contribution in [0.5, 0.6) is 0 Å². The second-order valence-electron chi connectivity index (χ2n) is 6.96. The van der Waals surface area contributed by atoms with Crippen molar-refractivity contribution in [2.75, 3.05) is 18.7 Å². The lowest BCUT2D eigenvalue weighted by molar-refractivity contribution is 0.0339. The maximum Gasteiger partial charge on any atom is 0.356 e. The largest absolute Gasteiger partial charge is 0.382 e. The van der Waals surface area contributed by atoms with Gasteiger partial charge in [-0.3, -0.25) is 9.09 Å². The summed E-state index contributed by atoms with van der Waals surface area (Å²) in [4.78, 5) is 12.3. The first kappa shape index (κ1) is 21.1. The zero-order valence-corrected chi connectivity index (χ0v) is 17.7. The summed E-state index contributed by atoms with van der Waals surface area (Å²) in [5, 5.41) is 0.247. The van der Waals surface area contributed by atoms with Crippen LogP contribution in [0.15, 0.2) is 30.9 Å². The number of ether oxygens (including phenoxy) is 1. The molecule has 3 aromatic rings. The van der Waals surface area contributed by atoms with E-state index in [9.17, 15) is 8.96 Å². The molecular weight excluding hydrogens is 436 g/mol. The molecule has 12 heteroatoms. The van der Waals surface area contributed by atoms with Crippen molar-refractivity contribution in [2.45, 2.75) is 32.1 Å². The van der Waals surface area contributed by atoms with E-state index in [0.29, 0.717) is 35.5 Å². The van der Waals surface area contributed by atoms with Crippen molar-refractivity contribution < 1.29 is 22.7 Å². The number of nitrogens with two attached hydrogens (primary N) is 1. The molecule has 0 bridgehead atoms. The van der Waals surface area contributed by atoms with Gasteiger partial charge in [-0.25, -0.2) is 19.3 Å². The van der Waals surface area contributed by atoms with Crippen molar-refractivity contribution in [2.24, 2.45) is 0 Å². The Balaban J connectivity index is 1.39. The van der Waals surface area contributed by atoms with Gasteiger partial charge in [0.2, 0.25) is 0 Å². The number of aromatic nitrogens is 4. The van der Waals surface area contributed by atoms with Crippen molar-refractivity contribution >= 4 is 36.2 Å². The van der Waals surface area contributed by atoms with Crippen LogP contribution in [-0.2, 0) is 24.9 Å². The lowest BCUT2D eigenvalue weighted by atomic mass is 10.1. The van der Waals surface area contributed by atoms with Gasteiger partial charge < -0.3 is 19.6 Å². The number of fused-ring (bicyclic) bond motifs is 1. The van der Waals surface area contributed by atoms with Gasteiger partial charge in [0, 0.05) is 11.4 Å². The Kier molecular flexibility index (Phi) is 6.04. The molecular formula is C18H20ClFN5O4P. The molecule has 4 rings (SSSR count). The zero-order valence-electron chi connectivity index (χ0n) is 16.1. The highest BCUT2D eigenvalue weighted by Gasteiger charge is 2.35. The topological polar surface area (TPSA) is 114 Å². The molecule has 1 fully saturated rings. The van der Waals surface area contributed by atoms with Gasteiger partial charge in [-0.05, 0) is 30.7 Å². The first-order valence-corrected chi connectivity index (χ1v) is 11.3. The van der Waals surface area contributed by atoms with Gasteiger partial charge in [-0.1, -0.05) is 11.6 Å². The van der Waals surface area contributed by atoms with E-state index >= 15 is 0 Å². The smallest absolute Gasteiger partial charge is 0.356 e. The van der Waals surface area contributed by atoms with E-state index in [1.807, 2.05) is 6.92 Å². The van der Waals surface area contributed by atoms with Crippen LogP contribution >= 0.6 is 19.2 Å². The molecule has 1 aromatic carbocycles. The normalized spacial score (nSPS) is 23.0. The maximum atomic E-state index is 13.7. The number of halogens is 2. The summed E-state index contributed by atoms with van der Waals surface area (Å²) in [6, 6.07) is 4.10. The fourth-order valence-corrected chi connectivity index (χ4v) is 5.07. The number of hydrogen-bond acceptors (Lipinski definition) is 8. The van der Waals surface area contributed by atoms with Gasteiger partial charge >= 0.3 is 7.60 Å². The predicted octanol–water partition coefficient (Wildman–Crippen LogP) is 3.93. The highest BCUT2D eigenvalue weighted by molar-refractivity contribution is 7.53. The Morgan fingerprint density at radius 2 is 2.23 bits per heavy atom. The SMILES string of the molecule is C[C@H](Cn1cnc2c(N)ncnc21)OC[P@@]1(=O)OCC[C@H](c2cc(F)cc(Cl)c2)O1. The van der Waals surface area contributed by atoms with Crippen LogP contribution in [0, 0.1) is 5.82 Å². The molecule has 160 valence electrons. The number of nitrogens with zero attached hydrogens (tertiary/aromatic N) is 4. The molecule has 9 nitrogen and oxygen atoms in total. The second kappa shape index (κ2) is 8.56. The molecule has 1 aliphatic rings. The summed E-state index contributed by atoms with van der Waals surface area (Å²) >= 11 is 5.92. The van der Waals surface area contributed by atoms with E-state index in [4.69, 9.17) is 31.1 Å². The monoisotopic (exact) mass is 455 g/mol. The number of nitrogen functional groups attached to an aromatic ring is 1. The van der Waals surface area contributed by atoms with Crippen molar-refractivity contribution in [3.8, 4) is 0 Å². The van der Waals surface area contributed by atoms with Gasteiger partial charge in [0.05, 0.1) is 31.7 Å². The molecule has 0 radical (unpaired) electrons. The molecule has 3 atom stereocenters. The molecule has 0 amide bonds. The van der Waals surface area contributed by atoms with Gasteiger partial charge in [0.25, 0.3) is 0 Å². The Morgan fingerprint density at radius 3 is 3.03 bits per heavy atom. The highest BCUT2D eigenvalue weighted by Crippen LogP contribution is 2.56. The molecule has 30 heavy (non-hydrogen) atoms. The maximum absolute atomic E-state index is 13.7. The molecule has 1 aliphatic heterocycles. The van der Waals surface area contributed by atoms with E-state index < -0.39 is 19.5 Å². The standard InChI is InChI=1S/C18H20ClFN5O4P/c1-11(7-25-9-24-16-17(21)22-8-23-18(16)25)27-10-30(26)28-3-2-15(29-30)12-4-13(19)6-14(20)5-12/h4-6,8-9,11,15H,2-3,7,10H2,1H3,(H2,21,22,23)/t11-,15-,30-/m1/s1. The van der Waals surface area contributed by atoms with E-state index in [2.05, 4.69) is 15.0 Å². The summed E-state index contributed by atoms with van der Waals surface area (Å²) in [7, 11) is -3.52. The zero-order chi connectivity index (χ0) is 21.3. The van der Waals surface area contributed by atoms with Crippen molar-refractivity contribution in [1.82, 2.24) is 19.5 Å². The Hall–Kier alpha value is -2.10. The fourth-order valence-electron chi connectivity index (χ4n) is 3.21. The number of benzene rings is 1. The average molecular weight is 456 g/mol. The predicted molar refractivity (Wildman–Crippen MR) is 109 cm³/mol. The Labute approximate surface area is 176 Å². The number of hydrogen-bond donors (Lipinski definition) is 1. The second-order valence-corrected chi connectivity index (χ2v) is 9.35. The molecule has 2 aromatic heterocycles. The first-order chi connectivity index (χ1) is 14.3. The van der Waals surface area contributed by atoms with Crippen LogP contribution in [0.25, 0.3) is 11.2 Å². The molecule has 0 unspecified atom stereocenters. The Bertz CT molecular complexity index is 1090. The molecule has 2 N–H and O–H groups in total. The molecule has 0 aliphatic carbocycles. The van der Waals surface area contributed by atoms with E-state index in [0.717, 1.165) is 0 Å². The third-order valence-electron chi connectivity index (χ3n) is 4.61.